The Hall–Kier alpha value is -2.52. The van der Waals surface area contributed by atoms with Gasteiger partial charge >= 0.3 is 0 Å². The molecule has 0 fully saturated rings. The van der Waals surface area contributed by atoms with E-state index in [-0.39, 0.29) is 16.3 Å². The van der Waals surface area contributed by atoms with Crippen LogP contribution < -0.4 is 10.3 Å². The van der Waals surface area contributed by atoms with Crippen molar-refractivity contribution in [2.45, 2.75) is 38.5 Å². The van der Waals surface area contributed by atoms with Crippen molar-refractivity contribution in [3.63, 3.8) is 0 Å². The first kappa shape index (κ1) is 18.3. The molecule has 0 bridgehead atoms. The van der Waals surface area contributed by atoms with Crippen LogP contribution in [0.25, 0.3) is 16.9 Å². The van der Waals surface area contributed by atoms with Crippen molar-refractivity contribution in [1.82, 2.24) is 19.6 Å². The van der Waals surface area contributed by atoms with Crippen molar-refractivity contribution in [3.8, 4) is 17.1 Å². The number of fused-ring (bicyclic) bond motifs is 1. The first-order valence-electron chi connectivity index (χ1n) is 8.31. The molecule has 0 aliphatic carbocycles. The zero-order chi connectivity index (χ0) is 18.8. The second-order valence-corrected chi connectivity index (χ2v) is 6.69. The van der Waals surface area contributed by atoms with Gasteiger partial charge < -0.3 is 14.3 Å². The van der Waals surface area contributed by atoms with Gasteiger partial charge in [-0.25, -0.2) is 9.50 Å². The molecule has 2 heterocycles. The molecule has 1 aromatic carbocycles. The first-order valence-corrected chi connectivity index (χ1v) is 9.38. The van der Waals surface area contributed by atoms with Gasteiger partial charge in [0.2, 0.25) is 0 Å². The lowest BCUT2D eigenvalue weighted by Crippen LogP contribution is -2.16. The summed E-state index contributed by atoms with van der Waals surface area (Å²) in [6.45, 7) is 5.99. The molecule has 2 aromatic heterocycles. The van der Waals surface area contributed by atoms with Gasteiger partial charge in [0.1, 0.15) is 11.6 Å². The van der Waals surface area contributed by atoms with Crippen LogP contribution in [0.5, 0.6) is 5.75 Å². The third-order valence-corrected chi connectivity index (χ3v) is 4.55. The van der Waals surface area contributed by atoms with Gasteiger partial charge in [-0.15, -0.1) is 5.10 Å². The first-order chi connectivity index (χ1) is 12.5. The number of H-pyrrole nitrogens is 1. The molecule has 1 unspecified atom stereocenters. The summed E-state index contributed by atoms with van der Waals surface area (Å²) >= 11 is -2.41. The predicted molar refractivity (Wildman–Crippen MR) is 96.1 cm³/mol. The van der Waals surface area contributed by atoms with Gasteiger partial charge in [0.25, 0.3) is 5.56 Å². The molecule has 0 amide bonds. The number of imidazole rings is 1. The van der Waals surface area contributed by atoms with Crippen LogP contribution in [0.2, 0.25) is 0 Å². The van der Waals surface area contributed by atoms with Crippen LogP contribution in [0.3, 0.4) is 0 Å². The average Bonchev–Trinajstić information content (AvgIpc) is 2.92. The largest absolute Gasteiger partial charge is 0.768 e. The summed E-state index contributed by atoms with van der Waals surface area (Å²) in [4.78, 5) is 19.8. The van der Waals surface area contributed by atoms with Crippen LogP contribution in [0.4, 0.5) is 0 Å². The third kappa shape index (κ3) is 3.27. The molecule has 0 saturated carbocycles. The summed E-state index contributed by atoms with van der Waals surface area (Å²) in [7, 11) is 0. The van der Waals surface area contributed by atoms with Crippen molar-refractivity contribution >= 4 is 16.6 Å². The third-order valence-electron chi connectivity index (χ3n) is 3.91. The van der Waals surface area contributed by atoms with Gasteiger partial charge in [0, 0.05) is 11.3 Å². The van der Waals surface area contributed by atoms with Crippen molar-refractivity contribution < 1.29 is 13.5 Å². The van der Waals surface area contributed by atoms with Crippen LogP contribution in [0.1, 0.15) is 31.8 Å². The van der Waals surface area contributed by atoms with E-state index in [4.69, 9.17) is 4.74 Å². The number of aryl methyl sites for hydroxylation is 2. The maximum atomic E-state index is 12.6. The van der Waals surface area contributed by atoms with Crippen LogP contribution in [0.15, 0.2) is 27.9 Å². The monoisotopic (exact) mass is 375 g/mol. The van der Waals surface area contributed by atoms with Crippen molar-refractivity contribution in [2.24, 2.45) is 0 Å². The highest BCUT2D eigenvalue weighted by Crippen LogP contribution is 2.29. The molecule has 26 heavy (non-hydrogen) atoms. The van der Waals surface area contributed by atoms with E-state index in [1.807, 2.05) is 13.8 Å². The SMILES string of the molecule is CCCc1nc(C)c2c(=O)[nH]c(-c3cc(S(=O)[O-])ccc3OCC)nn12. The van der Waals surface area contributed by atoms with E-state index in [1.165, 1.54) is 16.6 Å². The molecule has 0 aliphatic rings. The second-order valence-electron chi connectivity index (χ2n) is 5.75. The Bertz CT molecular complexity index is 1040. The summed E-state index contributed by atoms with van der Waals surface area (Å²) in [6, 6.07) is 4.43. The fourth-order valence-corrected chi connectivity index (χ4v) is 3.22. The van der Waals surface area contributed by atoms with Gasteiger partial charge in [-0.2, -0.15) is 0 Å². The number of hydrogen-bond donors (Lipinski definition) is 1. The van der Waals surface area contributed by atoms with Gasteiger partial charge in [-0.3, -0.25) is 9.00 Å². The van der Waals surface area contributed by atoms with Gasteiger partial charge in [-0.05, 0) is 49.5 Å². The van der Waals surface area contributed by atoms with Gasteiger partial charge in [-0.1, -0.05) is 6.92 Å². The number of nitrogens with one attached hydrogen (secondary N) is 1. The fourth-order valence-electron chi connectivity index (χ4n) is 2.82. The molecule has 3 rings (SSSR count). The molecule has 0 saturated heterocycles. The topological polar surface area (TPSA) is 112 Å². The number of benzene rings is 1. The smallest absolute Gasteiger partial charge is 0.277 e. The molecular weight excluding hydrogens is 356 g/mol. The Labute approximate surface area is 152 Å². The predicted octanol–water partition coefficient (Wildman–Crippen LogP) is 1.98. The normalized spacial score (nSPS) is 12.5. The lowest BCUT2D eigenvalue weighted by Gasteiger charge is -2.13. The van der Waals surface area contributed by atoms with Gasteiger partial charge in [0.05, 0.1) is 17.9 Å². The Morgan fingerprint density at radius 2 is 2.12 bits per heavy atom. The molecule has 8 nitrogen and oxygen atoms in total. The molecular formula is C17H19N4O4S-. The average molecular weight is 375 g/mol. The van der Waals surface area contributed by atoms with E-state index in [9.17, 15) is 13.6 Å². The molecule has 1 atom stereocenters. The minimum Gasteiger partial charge on any atom is -0.768 e. The minimum atomic E-state index is -2.41. The van der Waals surface area contributed by atoms with Crippen molar-refractivity contribution in [2.75, 3.05) is 6.61 Å². The molecule has 138 valence electrons. The summed E-state index contributed by atoms with van der Waals surface area (Å²) in [5.74, 6) is 1.36. The standard InChI is InChI=1S/C17H20N4O4S/c1-4-6-14-18-10(3)15-17(22)19-16(20-21(14)15)12-9-11(26(23)24)7-8-13(12)25-5-2/h7-9H,4-6H2,1-3H3,(H,23,24)(H,19,20,22)/p-1. The number of aromatic nitrogens is 4. The lowest BCUT2D eigenvalue weighted by molar-refractivity contribution is 0.341. The maximum absolute atomic E-state index is 12.6. The molecule has 9 heteroatoms. The molecule has 0 aliphatic heterocycles. The number of aromatic amines is 1. The Balaban J connectivity index is 2.28. The Kier molecular flexibility index (Phi) is 5.19. The lowest BCUT2D eigenvalue weighted by atomic mass is 10.2. The molecule has 0 spiro atoms. The summed E-state index contributed by atoms with van der Waals surface area (Å²) in [5.41, 5.74) is 1.06. The molecule has 3 aromatic rings. The summed E-state index contributed by atoms with van der Waals surface area (Å²) < 4.78 is 29.8. The maximum Gasteiger partial charge on any atom is 0.277 e. The van der Waals surface area contributed by atoms with E-state index in [0.717, 1.165) is 6.42 Å². The van der Waals surface area contributed by atoms with E-state index in [2.05, 4.69) is 15.1 Å². The van der Waals surface area contributed by atoms with Crippen LogP contribution >= 0.6 is 0 Å². The number of ether oxygens (including phenoxy) is 1. The fraction of sp³-hybridized carbons (Fsp3) is 0.353. The van der Waals surface area contributed by atoms with E-state index in [1.54, 1.807) is 13.0 Å². The van der Waals surface area contributed by atoms with Crippen LogP contribution in [-0.4, -0.2) is 35.0 Å². The van der Waals surface area contributed by atoms with E-state index < -0.39 is 11.1 Å². The highest BCUT2D eigenvalue weighted by molar-refractivity contribution is 7.79. The Morgan fingerprint density at radius 3 is 2.77 bits per heavy atom. The zero-order valence-electron chi connectivity index (χ0n) is 14.7. The Morgan fingerprint density at radius 1 is 1.35 bits per heavy atom. The van der Waals surface area contributed by atoms with Gasteiger partial charge in [0.15, 0.2) is 11.3 Å². The second kappa shape index (κ2) is 7.38. The van der Waals surface area contributed by atoms with Crippen LogP contribution in [0, 0.1) is 6.92 Å². The highest BCUT2D eigenvalue weighted by atomic mass is 32.2. The molecule has 1 N–H and O–H groups in total. The summed E-state index contributed by atoms with van der Waals surface area (Å²) in [6.07, 6.45) is 1.53. The summed E-state index contributed by atoms with van der Waals surface area (Å²) in [5, 5.41) is 4.51. The zero-order valence-corrected chi connectivity index (χ0v) is 15.6. The van der Waals surface area contributed by atoms with E-state index >= 15 is 0 Å². The van der Waals surface area contributed by atoms with E-state index in [0.29, 0.717) is 41.4 Å². The number of nitrogens with zero attached hydrogens (tertiary/aromatic N) is 3. The minimum absolute atomic E-state index is 0.0850. The molecule has 0 radical (unpaired) electrons. The van der Waals surface area contributed by atoms with Crippen LogP contribution in [-0.2, 0) is 17.5 Å². The number of hydrogen-bond acceptors (Lipinski definition) is 6. The van der Waals surface area contributed by atoms with Crippen molar-refractivity contribution in [3.05, 3.63) is 40.1 Å². The van der Waals surface area contributed by atoms with Crippen molar-refractivity contribution in [1.29, 1.82) is 0 Å². The highest BCUT2D eigenvalue weighted by Gasteiger charge is 2.17. The quantitative estimate of drug-likeness (QED) is 0.659. The number of rotatable bonds is 6.